The highest BCUT2D eigenvalue weighted by Gasteiger charge is 2.12. The van der Waals surface area contributed by atoms with Gasteiger partial charge in [-0.05, 0) is 17.9 Å². The van der Waals surface area contributed by atoms with Crippen LogP contribution >= 0.6 is 11.3 Å². The summed E-state index contributed by atoms with van der Waals surface area (Å²) >= 11 is 1.78. The highest BCUT2D eigenvalue weighted by atomic mass is 32.1. The van der Waals surface area contributed by atoms with Crippen LogP contribution in [0.1, 0.15) is 42.4 Å². The van der Waals surface area contributed by atoms with Crippen molar-refractivity contribution >= 4 is 11.3 Å². The van der Waals surface area contributed by atoms with E-state index in [0.29, 0.717) is 18.5 Å². The van der Waals surface area contributed by atoms with Crippen LogP contribution in [-0.4, -0.2) is 10.1 Å². The first-order valence-corrected chi connectivity index (χ1v) is 6.73. The van der Waals surface area contributed by atoms with Gasteiger partial charge >= 0.3 is 0 Å². The van der Waals surface area contributed by atoms with E-state index < -0.39 is 0 Å². The third-order valence-electron chi connectivity index (χ3n) is 2.54. The van der Waals surface area contributed by atoms with Gasteiger partial charge in [-0.3, -0.25) is 0 Å². The standard InChI is InChI=1S/C12H17N3OS/c1-3-5-10(11-6-4-7-17-11)13-8-12-14-9(2)16-15-12/h4,6-7,10,13H,3,5,8H2,1-2H3. The molecule has 0 aromatic carbocycles. The molecule has 5 heteroatoms. The van der Waals surface area contributed by atoms with Gasteiger partial charge in [-0.25, -0.2) is 0 Å². The van der Waals surface area contributed by atoms with Crippen molar-refractivity contribution in [3.05, 3.63) is 34.1 Å². The van der Waals surface area contributed by atoms with Gasteiger partial charge in [0, 0.05) is 17.8 Å². The van der Waals surface area contributed by atoms with E-state index in [1.165, 1.54) is 4.88 Å². The van der Waals surface area contributed by atoms with Crippen LogP contribution in [0.5, 0.6) is 0 Å². The Morgan fingerprint density at radius 2 is 2.41 bits per heavy atom. The van der Waals surface area contributed by atoms with Gasteiger partial charge in [0.25, 0.3) is 0 Å². The monoisotopic (exact) mass is 251 g/mol. The molecule has 0 saturated heterocycles. The molecule has 0 spiro atoms. The second-order valence-corrected chi connectivity index (χ2v) is 4.95. The smallest absolute Gasteiger partial charge is 0.223 e. The van der Waals surface area contributed by atoms with Crippen molar-refractivity contribution in [1.29, 1.82) is 0 Å². The number of rotatable bonds is 6. The van der Waals surface area contributed by atoms with Crippen LogP contribution < -0.4 is 5.32 Å². The fourth-order valence-electron chi connectivity index (χ4n) is 1.75. The van der Waals surface area contributed by atoms with Gasteiger partial charge in [-0.15, -0.1) is 11.3 Å². The molecular formula is C12H17N3OS. The normalized spacial score (nSPS) is 12.8. The Balaban J connectivity index is 1.94. The summed E-state index contributed by atoms with van der Waals surface area (Å²) in [5.74, 6) is 1.34. The Morgan fingerprint density at radius 3 is 3.00 bits per heavy atom. The molecule has 1 N–H and O–H groups in total. The number of hydrogen-bond donors (Lipinski definition) is 1. The molecule has 4 nitrogen and oxygen atoms in total. The van der Waals surface area contributed by atoms with Crippen molar-refractivity contribution in [2.45, 2.75) is 39.3 Å². The lowest BCUT2D eigenvalue weighted by molar-refractivity contribution is 0.382. The number of hydrogen-bond acceptors (Lipinski definition) is 5. The average Bonchev–Trinajstić information content (AvgIpc) is 2.95. The highest BCUT2D eigenvalue weighted by molar-refractivity contribution is 7.10. The van der Waals surface area contributed by atoms with Crippen LogP contribution in [0.25, 0.3) is 0 Å². The fraction of sp³-hybridized carbons (Fsp3) is 0.500. The summed E-state index contributed by atoms with van der Waals surface area (Å²) in [6, 6.07) is 4.64. The van der Waals surface area contributed by atoms with Crippen LogP contribution in [0.3, 0.4) is 0 Å². The first-order chi connectivity index (χ1) is 8.29. The molecule has 0 bridgehead atoms. The van der Waals surface area contributed by atoms with Gasteiger partial charge in [0.05, 0.1) is 6.54 Å². The van der Waals surface area contributed by atoms with Crippen LogP contribution in [0.2, 0.25) is 0 Å². The van der Waals surface area contributed by atoms with Crippen molar-refractivity contribution in [3.63, 3.8) is 0 Å². The Hall–Kier alpha value is -1.20. The lowest BCUT2D eigenvalue weighted by atomic mass is 10.1. The predicted octanol–water partition coefficient (Wildman–Crippen LogP) is 3.07. The van der Waals surface area contributed by atoms with Crippen molar-refractivity contribution < 1.29 is 4.52 Å². The first-order valence-electron chi connectivity index (χ1n) is 5.85. The number of nitrogens with one attached hydrogen (secondary N) is 1. The predicted molar refractivity (Wildman–Crippen MR) is 67.8 cm³/mol. The molecule has 0 aliphatic carbocycles. The molecule has 0 radical (unpaired) electrons. The van der Waals surface area contributed by atoms with Gasteiger partial charge in [-0.1, -0.05) is 24.6 Å². The zero-order chi connectivity index (χ0) is 12.1. The zero-order valence-corrected chi connectivity index (χ0v) is 11.0. The minimum Gasteiger partial charge on any atom is -0.340 e. The molecule has 0 saturated carbocycles. The minimum atomic E-state index is 0.388. The zero-order valence-electron chi connectivity index (χ0n) is 10.1. The molecule has 2 heterocycles. The minimum absolute atomic E-state index is 0.388. The Kier molecular flexibility index (Phi) is 4.28. The van der Waals surface area contributed by atoms with Gasteiger partial charge in [0.1, 0.15) is 0 Å². The molecule has 92 valence electrons. The number of thiophene rings is 1. The van der Waals surface area contributed by atoms with Crippen molar-refractivity contribution in [2.24, 2.45) is 0 Å². The van der Waals surface area contributed by atoms with Crippen LogP contribution in [-0.2, 0) is 6.54 Å². The Labute approximate surface area is 105 Å². The summed E-state index contributed by atoms with van der Waals surface area (Å²) in [5, 5.41) is 9.47. The fourth-order valence-corrected chi connectivity index (χ4v) is 2.59. The molecule has 0 aliphatic heterocycles. The maximum Gasteiger partial charge on any atom is 0.223 e. The molecule has 0 fully saturated rings. The SMILES string of the molecule is CCCC(NCc1noc(C)n1)c1cccs1. The quantitative estimate of drug-likeness (QED) is 0.857. The van der Waals surface area contributed by atoms with E-state index in [1.54, 1.807) is 18.3 Å². The first kappa shape index (κ1) is 12.3. The van der Waals surface area contributed by atoms with E-state index in [1.807, 2.05) is 0 Å². The van der Waals surface area contributed by atoms with Crippen LogP contribution in [0.4, 0.5) is 0 Å². The van der Waals surface area contributed by atoms with Gasteiger partial charge in [0.2, 0.25) is 5.89 Å². The molecule has 1 unspecified atom stereocenters. The largest absolute Gasteiger partial charge is 0.340 e. The average molecular weight is 251 g/mol. The molecule has 0 aliphatic rings. The lowest BCUT2D eigenvalue weighted by Gasteiger charge is -2.15. The summed E-state index contributed by atoms with van der Waals surface area (Å²) in [5.41, 5.74) is 0. The van der Waals surface area contributed by atoms with Crippen LogP contribution in [0.15, 0.2) is 22.0 Å². The summed E-state index contributed by atoms with van der Waals surface area (Å²) in [6.45, 7) is 4.65. The third kappa shape index (κ3) is 3.38. The summed E-state index contributed by atoms with van der Waals surface area (Å²) in [4.78, 5) is 5.55. The van der Waals surface area contributed by atoms with E-state index in [9.17, 15) is 0 Å². The molecular weight excluding hydrogens is 234 g/mol. The number of aromatic nitrogens is 2. The second kappa shape index (κ2) is 5.93. The van der Waals surface area contributed by atoms with E-state index in [0.717, 1.165) is 18.7 Å². The summed E-state index contributed by atoms with van der Waals surface area (Å²) < 4.78 is 4.95. The van der Waals surface area contributed by atoms with E-state index in [4.69, 9.17) is 4.52 Å². The highest BCUT2D eigenvalue weighted by Crippen LogP contribution is 2.23. The maximum atomic E-state index is 4.95. The summed E-state index contributed by atoms with van der Waals surface area (Å²) in [7, 11) is 0. The van der Waals surface area contributed by atoms with Gasteiger partial charge < -0.3 is 9.84 Å². The maximum absolute atomic E-state index is 4.95. The molecule has 17 heavy (non-hydrogen) atoms. The molecule has 2 aromatic rings. The lowest BCUT2D eigenvalue weighted by Crippen LogP contribution is -2.20. The van der Waals surface area contributed by atoms with Crippen molar-refractivity contribution in [3.8, 4) is 0 Å². The van der Waals surface area contributed by atoms with Crippen molar-refractivity contribution in [1.82, 2.24) is 15.5 Å². The van der Waals surface area contributed by atoms with E-state index in [2.05, 4.69) is 39.9 Å². The molecule has 0 amide bonds. The topological polar surface area (TPSA) is 51.0 Å². The number of nitrogens with zero attached hydrogens (tertiary/aromatic N) is 2. The third-order valence-corrected chi connectivity index (χ3v) is 3.53. The van der Waals surface area contributed by atoms with Gasteiger partial charge in [-0.2, -0.15) is 4.98 Å². The van der Waals surface area contributed by atoms with Gasteiger partial charge in [0.15, 0.2) is 5.82 Å². The Bertz CT molecular complexity index is 438. The molecule has 2 aromatic heterocycles. The van der Waals surface area contributed by atoms with Crippen LogP contribution in [0, 0.1) is 6.92 Å². The van der Waals surface area contributed by atoms with Crippen molar-refractivity contribution in [2.75, 3.05) is 0 Å². The second-order valence-electron chi connectivity index (χ2n) is 3.97. The Morgan fingerprint density at radius 1 is 1.53 bits per heavy atom. The van der Waals surface area contributed by atoms with E-state index in [-0.39, 0.29) is 0 Å². The van der Waals surface area contributed by atoms with E-state index >= 15 is 0 Å². The summed E-state index contributed by atoms with van der Waals surface area (Å²) in [6.07, 6.45) is 2.28. The molecule has 2 rings (SSSR count). The molecule has 1 atom stereocenters. The number of aryl methyl sites for hydroxylation is 1.